The van der Waals surface area contributed by atoms with Gasteiger partial charge in [0.25, 0.3) is 0 Å². The van der Waals surface area contributed by atoms with E-state index in [1.54, 1.807) is 13.0 Å². The number of sulfonamides is 1. The predicted octanol–water partition coefficient (Wildman–Crippen LogP) is 3.08. The Morgan fingerprint density at radius 2 is 1.68 bits per heavy atom. The van der Waals surface area contributed by atoms with Crippen molar-refractivity contribution >= 4 is 33.4 Å². The highest BCUT2D eigenvalue weighted by molar-refractivity contribution is 8.00. The maximum Gasteiger partial charge on any atom is 0.242 e. The number of hydrogen-bond acceptors (Lipinski definition) is 6. The summed E-state index contributed by atoms with van der Waals surface area (Å²) in [7, 11) is -0.638. The fourth-order valence-electron chi connectivity index (χ4n) is 2.35. The van der Waals surface area contributed by atoms with Gasteiger partial charge in [0.15, 0.2) is 5.16 Å². The van der Waals surface area contributed by atoms with Gasteiger partial charge in [0, 0.05) is 31.2 Å². The number of rotatable bonds is 6. The molecule has 0 saturated carbocycles. The zero-order valence-corrected chi connectivity index (χ0v) is 18.8. The highest BCUT2D eigenvalue weighted by atomic mass is 32.2. The van der Waals surface area contributed by atoms with E-state index >= 15 is 0 Å². The Balaban J connectivity index is 2.20. The summed E-state index contributed by atoms with van der Waals surface area (Å²) >= 11 is 1.27. The summed E-state index contributed by atoms with van der Waals surface area (Å²) in [5, 5.41) is 2.92. The normalized spacial score (nSPS) is 12.9. The molecule has 0 aliphatic heterocycles. The molecule has 7 nitrogen and oxygen atoms in total. The van der Waals surface area contributed by atoms with E-state index in [-0.39, 0.29) is 10.8 Å². The Labute approximate surface area is 171 Å². The van der Waals surface area contributed by atoms with Crippen LogP contribution in [-0.4, -0.2) is 47.9 Å². The number of aryl methyl sites for hydroxylation is 3. The Morgan fingerprint density at radius 3 is 2.21 bits per heavy atom. The molecule has 152 valence electrons. The fourth-order valence-corrected chi connectivity index (χ4v) is 4.14. The van der Waals surface area contributed by atoms with Crippen LogP contribution in [0.25, 0.3) is 0 Å². The zero-order valence-electron chi connectivity index (χ0n) is 17.2. The summed E-state index contributed by atoms with van der Waals surface area (Å²) in [5.74, 6) is -0.244. The summed E-state index contributed by atoms with van der Waals surface area (Å²) in [6.07, 6.45) is 0. The maximum absolute atomic E-state index is 12.7. The number of benzene rings is 1. The molecule has 0 fully saturated rings. The third kappa shape index (κ3) is 4.89. The van der Waals surface area contributed by atoms with Gasteiger partial charge in [-0.05, 0) is 57.9 Å². The molecule has 0 aliphatic carbocycles. The molecular formula is C19H26N4O3S2. The molecule has 0 aliphatic rings. The summed E-state index contributed by atoms with van der Waals surface area (Å²) < 4.78 is 25.8. The first-order chi connectivity index (χ1) is 12.9. The van der Waals surface area contributed by atoms with Crippen LogP contribution in [0.5, 0.6) is 0 Å². The van der Waals surface area contributed by atoms with Crippen molar-refractivity contribution < 1.29 is 13.2 Å². The average Bonchev–Trinajstić information content (AvgIpc) is 2.60. The second-order valence-electron chi connectivity index (χ2n) is 6.82. The number of amides is 1. The number of thioether (sulfide) groups is 1. The van der Waals surface area contributed by atoms with E-state index < -0.39 is 15.3 Å². The van der Waals surface area contributed by atoms with Gasteiger partial charge in [-0.3, -0.25) is 4.79 Å². The Morgan fingerprint density at radius 1 is 1.11 bits per heavy atom. The summed E-state index contributed by atoms with van der Waals surface area (Å²) in [4.78, 5) is 21.7. The van der Waals surface area contributed by atoms with Crippen LogP contribution >= 0.6 is 11.8 Å². The zero-order chi connectivity index (χ0) is 21.2. The molecular weight excluding hydrogens is 396 g/mol. The second-order valence-corrected chi connectivity index (χ2v) is 10.3. The standard InChI is InChI=1S/C19H26N4O3S2/c1-11-8-9-16(28(25,26)23(6)7)10-17(11)22-18(24)15(5)27-19-20-13(3)12(2)14(4)21-19/h8-10,15H,1-7H3,(H,22,24)/t15-/m1/s1. The molecule has 2 aromatic rings. The van der Waals surface area contributed by atoms with Gasteiger partial charge >= 0.3 is 0 Å². The number of aromatic nitrogens is 2. The Kier molecular flexibility index (Phi) is 6.84. The van der Waals surface area contributed by atoms with Gasteiger partial charge in [-0.2, -0.15) is 0 Å². The number of carbonyl (C=O) groups excluding carboxylic acids is 1. The molecule has 0 radical (unpaired) electrons. The second kappa shape index (κ2) is 8.59. The van der Waals surface area contributed by atoms with Gasteiger partial charge in [0.2, 0.25) is 15.9 Å². The van der Waals surface area contributed by atoms with Gasteiger partial charge in [-0.15, -0.1) is 0 Å². The molecule has 2 rings (SSSR count). The highest BCUT2D eigenvalue weighted by Crippen LogP contribution is 2.25. The highest BCUT2D eigenvalue weighted by Gasteiger charge is 2.21. The van der Waals surface area contributed by atoms with Gasteiger partial charge in [0.05, 0.1) is 10.1 Å². The average molecular weight is 423 g/mol. The van der Waals surface area contributed by atoms with Crippen molar-refractivity contribution in [3.8, 4) is 0 Å². The summed E-state index contributed by atoms with van der Waals surface area (Å²) in [6.45, 7) is 9.38. The molecule has 28 heavy (non-hydrogen) atoms. The molecule has 1 atom stereocenters. The predicted molar refractivity (Wildman–Crippen MR) is 112 cm³/mol. The van der Waals surface area contributed by atoms with Crippen LogP contribution < -0.4 is 5.32 Å². The lowest BCUT2D eigenvalue weighted by atomic mass is 10.2. The van der Waals surface area contributed by atoms with Crippen molar-refractivity contribution in [2.45, 2.75) is 49.9 Å². The van der Waals surface area contributed by atoms with Crippen molar-refractivity contribution in [3.63, 3.8) is 0 Å². The molecule has 0 unspecified atom stereocenters. The van der Waals surface area contributed by atoms with E-state index in [0.29, 0.717) is 10.8 Å². The third-order valence-corrected chi connectivity index (χ3v) is 7.28. The van der Waals surface area contributed by atoms with Crippen LogP contribution in [0.4, 0.5) is 5.69 Å². The van der Waals surface area contributed by atoms with Crippen molar-refractivity contribution in [2.75, 3.05) is 19.4 Å². The minimum Gasteiger partial charge on any atom is -0.325 e. The molecule has 1 amide bonds. The molecule has 1 N–H and O–H groups in total. The first-order valence-corrected chi connectivity index (χ1v) is 11.1. The van der Waals surface area contributed by atoms with Crippen LogP contribution in [0.2, 0.25) is 0 Å². The molecule has 1 heterocycles. The lowest BCUT2D eigenvalue weighted by molar-refractivity contribution is -0.115. The van der Waals surface area contributed by atoms with Gasteiger partial charge in [-0.25, -0.2) is 22.7 Å². The van der Waals surface area contributed by atoms with E-state index in [4.69, 9.17) is 0 Å². The fraction of sp³-hybridized carbons (Fsp3) is 0.421. The molecule has 1 aromatic carbocycles. The number of nitrogens with one attached hydrogen (secondary N) is 1. The SMILES string of the molecule is Cc1ccc(S(=O)(=O)N(C)C)cc1NC(=O)[C@@H](C)Sc1nc(C)c(C)c(C)n1. The quantitative estimate of drug-likeness (QED) is 0.568. The Bertz CT molecular complexity index is 981. The van der Waals surface area contributed by atoms with Gasteiger partial charge in [0.1, 0.15) is 0 Å². The van der Waals surface area contributed by atoms with Crippen LogP contribution in [0, 0.1) is 27.7 Å². The molecule has 9 heteroatoms. The smallest absolute Gasteiger partial charge is 0.242 e. The van der Waals surface area contributed by atoms with E-state index in [2.05, 4.69) is 15.3 Å². The minimum atomic E-state index is -3.58. The van der Waals surface area contributed by atoms with Crippen molar-refractivity contribution in [1.29, 1.82) is 0 Å². The number of nitrogens with zero attached hydrogens (tertiary/aromatic N) is 3. The minimum absolute atomic E-state index is 0.131. The van der Waals surface area contributed by atoms with E-state index in [1.807, 2.05) is 27.7 Å². The van der Waals surface area contributed by atoms with Crippen LogP contribution in [0.15, 0.2) is 28.3 Å². The van der Waals surface area contributed by atoms with Crippen LogP contribution in [-0.2, 0) is 14.8 Å². The first-order valence-electron chi connectivity index (χ1n) is 8.76. The van der Waals surface area contributed by atoms with E-state index in [9.17, 15) is 13.2 Å². The summed E-state index contributed by atoms with van der Waals surface area (Å²) in [6, 6.07) is 4.69. The Hall–Kier alpha value is -1.97. The van der Waals surface area contributed by atoms with Crippen LogP contribution in [0.3, 0.4) is 0 Å². The van der Waals surface area contributed by atoms with Crippen molar-refractivity contribution in [3.05, 3.63) is 40.7 Å². The number of hydrogen-bond donors (Lipinski definition) is 1. The molecule has 1 aromatic heterocycles. The van der Waals surface area contributed by atoms with Crippen LogP contribution in [0.1, 0.15) is 29.4 Å². The number of carbonyl (C=O) groups is 1. The maximum atomic E-state index is 12.7. The first kappa shape index (κ1) is 22.3. The largest absolute Gasteiger partial charge is 0.325 e. The molecule has 0 spiro atoms. The van der Waals surface area contributed by atoms with Gasteiger partial charge in [-0.1, -0.05) is 17.8 Å². The van der Waals surface area contributed by atoms with Gasteiger partial charge < -0.3 is 5.32 Å². The monoisotopic (exact) mass is 422 g/mol. The molecule has 0 bridgehead atoms. The van der Waals surface area contributed by atoms with Crippen molar-refractivity contribution in [2.24, 2.45) is 0 Å². The number of anilines is 1. The van der Waals surface area contributed by atoms with Crippen molar-refractivity contribution in [1.82, 2.24) is 14.3 Å². The van der Waals surface area contributed by atoms with E-state index in [0.717, 1.165) is 26.8 Å². The topological polar surface area (TPSA) is 92.3 Å². The molecule has 0 saturated heterocycles. The lowest BCUT2D eigenvalue weighted by Gasteiger charge is -2.16. The summed E-state index contributed by atoms with van der Waals surface area (Å²) in [5.41, 5.74) is 4.06. The third-order valence-electron chi connectivity index (χ3n) is 4.51. The lowest BCUT2D eigenvalue weighted by Crippen LogP contribution is -2.25. The van der Waals surface area contributed by atoms with E-state index in [1.165, 1.54) is 38.0 Å².